The van der Waals surface area contributed by atoms with Crippen LogP contribution >= 0.6 is 22.9 Å². The third-order valence-electron chi connectivity index (χ3n) is 4.63. The number of unbranched alkanes of at least 4 members (excludes halogenated alkanes) is 1. The van der Waals surface area contributed by atoms with Crippen molar-refractivity contribution in [2.24, 2.45) is 5.10 Å². The van der Waals surface area contributed by atoms with Crippen LogP contribution in [0.15, 0.2) is 9.90 Å². The highest BCUT2D eigenvalue weighted by Gasteiger charge is 2.14. The second-order valence-electron chi connectivity index (χ2n) is 6.81. The van der Waals surface area contributed by atoms with Crippen LogP contribution in [-0.4, -0.2) is 31.9 Å². The number of aryl methyl sites for hydroxylation is 4. The molecule has 8 nitrogen and oxygen atoms in total. The topological polar surface area (TPSA) is 105 Å². The fourth-order valence-corrected chi connectivity index (χ4v) is 4.27. The van der Waals surface area contributed by atoms with Gasteiger partial charge in [-0.25, -0.2) is 10.4 Å². The van der Waals surface area contributed by atoms with E-state index in [1.54, 1.807) is 4.68 Å². The third-order valence-corrected chi connectivity index (χ3v) is 6.13. The lowest BCUT2D eigenvalue weighted by molar-refractivity contribution is -0.120. The zero-order valence-electron chi connectivity index (χ0n) is 16.8. The first-order valence-electron chi connectivity index (χ1n) is 9.35. The van der Waals surface area contributed by atoms with Crippen LogP contribution in [0.2, 0.25) is 5.15 Å². The maximum Gasteiger partial charge on any atom is 0.259 e. The Labute approximate surface area is 177 Å². The van der Waals surface area contributed by atoms with Gasteiger partial charge in [0.2, 0.25) is 5.91 Å². The zero-order valence-corrected chi connectivity index (χ0v) is 18.4. The van der Waals surface area contributed by atoms with Crippen molar-refractivity contribution in [2.45, 2.75) is 53.5 Å². The number of carbonyl (C=O) groups is 1. The number of rotatable bonds is 7. The van der Waals surface area contributed by atoms with Crippen molar-refractivity contribution in [3.05, 3.63) is 43.0 Å². The van der Waals surface area contributed by atoms with E-state index in [-0.39, 0.29) is 17.9 Å². The number of H-pyrrole nitrogens is 1. The van der Waals surface area contributed by atoms with Crippen molar-refractivity contribution >= 4 is 45.3 Å². The summed E-state index contributed by atoms with van der Waals surface area (Å²) in [7, 11) is 0. The van der Waals surface area contributed by atoms with E-state index < -0.39 is 0 Å². The van der Waals surface area contributed by atoms with Crippen LogP contribution in [0, 0.1) is 20.8 Å². The summed E-state index contributed by atoms with van der Waals surface area (Å²) in [5, 5.41) is 9.45. The second-order valence-corrected chi connectivity index (χ2v) is 8.37. The fraction of sp³-hybridized carbons (Fsp3) is 0.421. The molecule has 0 atom stereocenters. The summed E-state index contributed by atoms with van der Waals surface area (Å²) in [4.78, 5) is 33.2. The van der Waals surface area contributed by atoms with Crippen molar-refractivity contribution in [1.82, 2.24) is 25.2 Å². The maximum atomic E-state index is 12.3. The molecule has 10 heteroatoms. The van der Waals surface area contributed by atoms with Gasteiger partial charge in [-0.1, -0.05) is 24.9 Å². The van der Waals surface area contributed by atoms with E-state index in [9.17, 15) is 9.59 Å². The van der Waals surface area contributed by atoms with Gasteiger partial charge in [0.05, 0.1) is 29.3 Å². The molecule has 29 heavy (non-hydrogen) atoms. The quantitative estimate of drug-likeness (QED) is 0.439. The Bertz CT molecular complexity index is 1140. The molecule has 0 aliphatic rings. The molecule has 0 saturated heterocycles. The van der Waals surface area contributed by atoms with Crippen molar-refractivity contribution in [3.63, 3.8) is 0 Å². The summed E-state index contributed by atoms with van der Waals surface area (Å²) in [5.41, 5.74) is 4.54. The Morgan fingerprint density at radius 2 is 2.14 bits per heavy atom. The van der Waals surface area contributed by atoms with E-state index in [2.05, 4.69) is 32.5 Å². The molecule has 3 heterocycles. The zero-order chi connectivity index (χ0) is 21.1. The molecule has 0 bridgehead atoms. The van der Waals surface area contributed by atoms with Crippen molar-refractivity contribution in [3.8, 4) is 0 Å². The molecule has 154 valence electrons. The summed E-state index contributed by atoms with van der Waals surface area (Å²) in [6.45, 7) is 8.51. The number of hydrogen-bond donors (Lipinski definition) is 2. The molecule has 0 fully saturated rings. The molecule has 3 rings (SSSR count). The summed E-state index contributed by atoms with van der Waals surface area (Å²) in [6.07, 6.45) is 3.42. The minimum absolute atomic E-state index is 0.0823. The maximum absolute atomic E-state index is 12.3. The van der Waals surface area contributed by atoms with E-state index in [4.69, 9.17) is 11.6 Å². The number of hydrogen-bond acceptors (Lipinski definition) is 6. The highest BCUT2D eigenvalue weighted by molar-refractivity contribution is 7.18. The Hall–Kier alpha value is -2.52. The first-order valence-corrected chi connectivity index (χ1v) is 10.5. The third kappa shape index (κ3) is 4.56. The normalized spacial score (nSPS) is 11.6. The molecule has 3 aromatic rings. The van der Waals surface area contributed by atoms with Gasteiger partial charge in [0, 0.05) is 11.4 Å². The number of amides is 1. The number of aromatic nitrogens is 4. The molecule has 0 aliphatic heterocycles. The van der Waals surface area contributed by atoms with Crippen LogP contribution in [0.1, 0.15) is 47.3 Å². The summed E-state index contributed by atoms with van der Waals surface area (Å²) < 4.78 is 1.73. The Morgan fingerprint density at radius 3 is 2.86 bits per heavy atom. The number of halogens is 1. The lowest BCUT2D eigenvalue weighted by Crippen LogP contribution is -2.23. The molecule has 1 amide bonds. The van der Waals surface area contributed by atoms with Crippen LogP contribution in [0.5, 0.6) is 0 Å². The van der Waals surface area contributed by atoms with E-state index in [0.717, 1.165) is 35.5 Å². The standard InChI is InChI=1S/C19H23ClN6O2S/c1-5-6-7-26-17(20)13(11(3)25-26)9-21-24-15(27)8-14-22-18(28)16-10(2)12(4)29-19(16)23-14/h9H,5-8H2,1-4H3,(H,24,27)(H,22,23,28)/b21-9-. The number of fused-ring (bicyclic) bond motifs is 1. The van der Waals surface area contributed by atoms with Gasteiger partial charge in [0.1, 0.15) is 15.8 Å². The van der Waals surface area contributed by atoms with E-state index in [0.29, 0.717) is 26.8 Å². The Morgan fingerprint density at radius 1 is 1.38 bits per heavy atom. The van der Waals surface area contributed by atoms with Gasteiger partial charge in [0.15, 0.2) is 0 Å². The van der Waals surface area contributed by atoms with Crippen molar-refractivity contribution in [1.29, 1.82) is 0 Å². The van der Waals surface area contributed by atoms with Crippen LogP contribution in [0.3, 0.4) is 0 Å². The van der Waals surface area contributed by atoms with E-state index in [1.807, 2.05) is 20.8 Å². The second kappa shape index (κ2) is 8.87. The molecule has 2 N–H and O–H groups in total. The first kappa shape index (κ1) is 21.2. The van der Waals surface area contributed by atoms with E-state index >= 15 is 0 Å². The molecule has 0 radical (unpaired) electrons. The largest absolute Gasteiger partial charge is 0.309 e. The smallest absolute Gasteiger partial charge is 0.259 e. The highest BCUT2D eigenvalue weighted by Crippen LogP contribution is 2.25. The highest BCUT2D eigenvalue weighted by atomic mass is 35.5. The first-order chi connectivity index (χ1) is 13.8. The molecule has 3 aromatic heterocycles. The van der Waals surface area contributed by atoms with Gasteiger partial charge >= 0.3 is 0 Å². The molecular formula is C19H23ClN6O2S. The fourth-order valence-electron chi connectivity index (χ4n) is 2.91. The monoisotopic (exact) mass is 434 g/mol. The minimum atomic E-state index is -0.388. The predicted molar refractivity (Wildman–Crippen MR) is 116 cm³/mol. The van der Waals surface area contributed by atoms with Crippen molar-refractivity contribution < 1.29 is 4.79 Å². The van der Waals surface area contributed by atoms with Gasteiger partial charge in [-0.05, 0) is 32.8 Å². The lowest BCUT2D eigenvalue weighted by atomic mass is 10.2. The number of nitrogens with zero attached hydrogens (tertiary/aromatic N) is 4. The number of hydrazone groups is 1. The molecule has 0 saturated carbocycles. The van der Waals surface area contributed by atoms with Crippen LogP contribution in [0.25, 0.3) is 10.2 Å². The SMILES string of the molecule is CCCCn1nc(C)c(/C=N\NC(=O)Cc2nc3sc(C)c(C)c3c(=O)[nH]2)c1Cl. The average Bonchev–Trinajstić information content (AvgIpc) is 3.09. The molecular weight excluding hydrogens is 412 g/mol. The summed E-state index contributed by atoms with van der Waals surface area (Å²) in [5.74, 6) is -0.0843. The van der Waals surface area contributed by atoms with Gasteiger partial charge in [-0.3, -0.25) is 14.3 Å². The van der Waals surface area contributed by atoms with Crippen LogP contribution in [-0.2, 0) is 17.8 Å². The summed E-state index contributed by atoms with van der Waals surface area (Å²) in [6, 6.07) is 0. The number of carbonyl (C=O) groups excluding carboxylic acids is 1. The van der Waals surface area contributed by atoms with Gasteiger partial charge in [-0.15, -0.1) is 11.3 Å². The average molecular weight is 435 g/mol. The molecule has 0 aromatic carbocycles. The summed E-state index contributed by atoms with van der Waals surface area (Å²) >= 11 is 7.79. The number of aromatic amines is 1. The van der Waals surface area contributed by atoms with Gasteiger partial charge in [-0.2, -0.15) is 10.2 Å². The van der Waals surface area contributed by atoms with Gasteiger partial charge in [0.25, 0.3) is 5.56 Å². The van der Waals surface area contributed by atoms with E-state index in [1.165, 1.54) is 17.6 Å². The van der Waals surface area contributed by atoms with Crippen LogP contribution < -0.4 is 11.0 Å². The number of thiophene rings is 1. The minimum Gasteiger partial charge on any atom is -0.309 e. The molecule has 0 unspecified atom stereocenters. The molecule has 0 aliphatic carbocycles. The van der Waals surface area contributed by atoms with Crippen molar-refractivity contribution in [2.75, 3.05) is 0 Å². The Balaban J connectivity index is 1.68. The lowest BCUT2D eigenvalue weighted by Gasteiger charge is -2.01. The van der Waals surface area contributed by atoms with Crippen LogP contribution in [0.4, 0.5) is 0 Å². The predicted octanol–water partition coefficient (Wildman–Crippen LogP) is 3.25. The number of nitrogens with one attached hydrogen (secondary N) is 2. The Kier molecular flexibility index (Phi) is 6.49. The van der Waals surface area contributed by atoms with Gasteiger partial charge < -0.3 is 4.98 Å². The molecule has 0 spiro atoms.